The maximum atomic E-state index is 8.66. The Morgan fingerprint density at radius 2 is 2.28 bits per heavy atom. The number of nitrogens with zero attached hydrogens (tertiary/aromatic N) is 3. The first-order valence-corrected chi connectivity index (χ1v) is 6.01. The van der Waals surface area contributed by atoms with Crippen molar-refractivity contribution in [2.75, 3.05) is 31.7 Å². The Bertz CT molecular complexity index is 383. The molecule has 0 unspecified atom stereocenters. The van der Waals surface area contributed by atoms with Crippen LogP contribution in [-0.4, -0.2) is 31.8 Å². The number of hydrogen-bond donors (Lipinski definition) is 1. The smallest absolute Gasteiger partial charge is 0.128 e. The van der Waals surface area contributed by atoms with Gasteiger partial charge in [-0.05, 0) is 18.6 Å². The van der Waals surface area contributed by atoms with Gasteiger partial charge in [0.1, 0.15) is 5.82 Å². The summed E-state index contributed by atoms with van der Waals surface area (Å²) in [6.45, 7) is 3.92. The van der Waals surface area contributed by atoms with E-state index in [-0.39, 0.29) is 6.04 Å². The summed E-state index contributed by atoms with van der Waals surface area (Å²) in [6, 6.07) is 6.04. The largest absolute Gasteiger partial charge is 0.383 e. The number of pyridine rings is 1. The van der Waals surface area contributed by atoms with Gasteiger partial charge in [-0.1, -0.05) is 6.07 Å². The Kier molecular flexibility index (Phi) is 6.12. The first-order chi connectivity index (χ1) is 8.69. The predicted molar refractivity (Wildman–Crippen MR) is 71.2 cm³/mol. The molecular weight excluding hydrogens is 228 g/mol. The summed E-state index contributed by atoms with van der Waals surface area (Å²) in [6.07, 6.45) is 2.26. The van der Waals surface area contributed by atoms with E-state index in [1.807, 2.05) is 24.0 Å². The van der Waals surface area contributed by atoms with E-state index in [9.17, 15) is 0 Å². The standard InChI is InChI=1S/C13H20N4O/c1-11(15)12-4-5-13(16-10-12)17(7-3-6-14)8-9-18-2/h4-5,10-11H,3,7-9,15H2,1-2H3/t11-/m1/s1. The molecule has 0 aliphatic rings. The van der Waals surface area contributed by atoms with E-state index in [1.165, 1.54) is 0 Å². The van der Waals surface area contributed by atoms with E-state index >= 15 is 0 Å². The van der Waals surface area contributed by atoms with Crippen LogP contribution in [0, 0.1) is 11.3 Å². The molecule has 0 aliphatic carbocycles. The van der Waals surface area contributed by atoms with Crippen LogP contribution in [0.15, 0.2) is 18.3 Å². The molecule has 0 aliphatic heterocycles. The van der Waals surface area contributed by atoms with Gasteiger partial charge in [-0.2, -0.15) is 5.26 Å². The molecule has 0 fully saturated rings. The maximum absolute atomic E-state index is 8.66. The molecule has 0 amide bonds. The monoisotopic (exact) mass is 248 g/mol. The van der Waals surface area contributed by atoms with Gasteiger partial charge in [-0.15, -0.1) is 0 Å². The van der Waals surface area contributed by atoms with Gasteiger partial charge in [0.05, 0.1) is 19.1 Å². The summed E-state index contributed by atoms with van der Waals surface area (Å²) in [5.41, 5.74) is 6.79. The number of methoxy groups -OCH3 is 1. The molecule has 5 nitrogen and oxygen atoms in total. The average Bonchev–Trinajstić information content (AvgIpc) is 2.39. The van der Waals surface area contributed by atoms with Crippen molar-refractivity contribution in [1.82, 2.24) is 4.98 Å². The third kappa shape index (κ3) is 4.32. The minimum atomic E-state index is -0.0157. The highest BCUT2D eigenvalue weighted by atomic mass is 16.5. The first-order valence-electron chi connectivity index (χ1n) is 6.01. The van der Waals surface area contributed by atoms with E-state index in [0.29, 0.717) is 19.6 Å². The summed E-state index contributed by atoms with van der Waals surface area (Å²) >= 11 is 0. The SMILES string of the molecule is COCCN(CCC#N)c1ccc([C@@H](C)N)cn1. The molecule has 18 heavy (non-hydrogen) atoms. The molecule has 1 aromatic rings. The van der Waals surface area contributed by atoms with E-state index in [4.69, 9.17) is 15.7 Å². The van der Waals surface area contributed by atoms with Crippen LogP contribution in [0.5, 0.6) is 0 Å². The van der Waals surface area contributed by atoms with Crippen molar-refractivity contribution >= 4 is 5.82 Å². The summed E-state index contributed by atoms with van der Waals surface area (Å²) in [5.74, 6) is 0.853. The summed E-state index contributed by atoms with van der Waals surface area (Å²) < 4.78 is 5.06. The van der Waals surface area contributed by atoms with Crippen LogP contribution in [0.25, 0.3) is 0 Å². The third-order valence-corrected chi connectivity index (χ3v) is 2.68. The predicted octanol–water partition coefficient (Wildman–Crippen LogP) is 1.47. The lowest BCUT2D eigenvalue weighted by Crippen LogP contribution is -2.29. The molecule has 1 heterocycles. The normalized spacial score (nSPS) is 11.9. The molecular formula is C13H20N4O. The van der Waals surface area contributed by atoms with Crippen molar-refractivity contribution in [3.05, 3.63) is 23.9 Å². The molecule has 1 atom stereocenters. The maximum Gasteiger partial charge on any atom is 0.128 e. The highest BCUT2D eigenvalue weighted by Gasteiger charge is 2.08. The van der Waals surface area contributed by atoms with Crippen LogP contribution in [0.1, 0.15) is 24.9 Å². The van der Waals surface area contributed by atoms with Gasteiger partial charge < -0.3 is 15.4 Å². The summed E-state index contributed by atoms with van der Waals surface area (Å²) in [7, 11) is 1.66. The van der Waals surface area contributed by atoms with Gasteiger partial charge >= 0.3 is 0 Å². The lowest BCUT2D eigenvalue weighted by molar-refractivity contribution is 0.205. The second-order valence-electron chi connectivity index (χ2n) is 4.13. The molecule has 0 spiro atoms. The second-order valence-corrected chi connectivity index (χ2v) is 4.13. The minimum Gasteiger partial charge on any atom is -0.383 e. The number of anilines is 1. The van der Waals surface area contributed by atoms with Gasteiger partial charge in [0.25, 0.3) is 0 Å². The molecule has 1 rings (SSSR count). The van der Waals surface area contributed by atoms with Crippen LogP contribution in [0.4, 0.5) is 5.82 Å². The minimum absolute atomic E-state index is 0.0157. The molecule has 0 aromatic carbocycles. The zero-order chi connectivity index (χ0) is 13.4. The van der Waals surface area contributed by atoms with Gasteiger partial charge in [0, 0.05) is 32.4 Å². The quantitative estimate of drug-likeness (QED) is 0.790. The van der Waals surface area contributed by atoms with E-state index in [0.717, 1.165) is 17.9 Å². The van der Waals surface area contributed by atoms with Crippen molar-refractivity contribution in [3.8, 4) is 6.07 Å². The molecule has 1 aromatic heterocycles. The number of nitrogens with two attached hydrogens (primary N) is 1. The number of hydrogen-bond acceptors (Lipinski definition) is 5. The first kappa shape index (κ1) is 14.4. The van der Waals surface area contributed by atoms with E-state index in [2.05, 4.69) is 11.1 Å². The van der Waals surface area contributed by atoms with Crippen LogP contribution >= 0.6 is 0 Å². The van der Waals surface area contributed by atoms with Crippen molar-refractivity contribution in [1.29, 1.82) is 5.26 Å². The van der Waals surface area contributed by atoms with Crippen LogP contribution < -0.4 is 10.6 Å². The Morgan fingerprint density at radius 3 is 2.78 bits per heavy atom. The van der Waals surface area contributed by atoms with Crippen molar-refractivity contribution in [2.45, 2.75) is 19.4 Å². The van der Waals surface area contributed by atoms with Gasteiger partial charge in [0.2, 0.25) is 0 Å². The lowest BCUT2D eigenvalue weighted by Gasteiger charge is -2.22. The van der Waals surface area contributed by atoms with E-state index < -0.39 is 0 Å². The van der Waals surface area contributed by atoms with Crippen molar-refractivity contribution < 1.29 is 4.74 Å². The van der Waals surface area contributed by atoms with Crippen LogP contribution in [-0.2, 0) is 4.74 Å². The average molecular weight is 248 g/mol. The molecule has 5 heteroatoms. The van der Waals surface area contributed by atoms with Crippen molar-refractivity contribution in [2.24, 2.45) is 5.73 Å². The Labute approximate surface area is 108 Å². The molecule has 0 radical (unpaired) electrons. The van der Waals surface area contributed by atoms with Gasteiger partial charge in [0.15, 0.2) is 0 Å². The second kappa shape index (κ2) is 7.64. The number of aromatic nitrogens is 1. The molecule has 2 N–H and O–H groups in total. The molecule has 0 saturated carbocycles. The lowest BCUT2D eigenvalue weighted by atomic mass is 10.1. The number of rotatable bonds is 7. The molecule has 0 saturated heterocycles. The Morgan fingerprint density at radius 1 is 1.50 bits per heavy atom. The zero-order valence-electron chi connectivity index (χ0n) is 11.0. The highest BCUT2D eigenvalue weighted by molar-refractivity contribution is 5.39. The fourth-order valence-electron chi connectivity index (χ4n) is 1.58. The zero-order valence-corrected chi connectivity index (χ0v) is 11.0. The Balaban J connectivity index is 2.74. The third-order valence-electron chi connectivity index (χ3n) is 2.68. The van der Waals surface area contributed by atoms with Gasteiger partial charge in [-0.25, -0.2) is 4.98 Å². The highest BCUT2D eigenvalue weighted by Crippen LogP contribution is 2.14. The number of nitriles is 1. The summed E-state index contributed by atoms with van der Waals surface area (Å²) in [4.78, 5) is 6.43. The molecule has 0 bridgehead atoms. The van der Waals surface area contributed by atoms with E-state index in [1.54, 1.807) is 13.3 Å². The van der Waals surface area contributed by atoms with Gasteiger partial charge in [-0.3, -0.25) is 0 Å². The molecule has 98 valence electrons. The fraction of sp³-hybridized carbons (Fsp3) is 0.538. The topological polar surface area (TPSA) is 75.2 Å². The number of ether oxygens (including phenoxy) is 1. The van der Waals surface area contributed by atoms with Crippen LogP contribution in [0.3, 0.4) is 0 Å². The van der Waals surface area contributed by atoms with Crippen molar-refractivity contribution in [3.63, 3.8) is 0 Å². The fourth-order valence-corrected chi connectivity index (χ4v) is 1.58. The summed E-state index contributed by atoms with van der Waals surface area (Å²) in [5, 5.41) is 8.66. The Hall–Kier alpha value is -1.64. The van der Waals surface area contributed by atoms with Crippen LogP contribution in [0.2, 0.25) is 0 Å².